The zero-order valence-electron chi connectivity index (χ0n) is 5.05. The van der Waals surface area contributed by atoms with Crippen LogP contribution in [0.5, 0.6) is 0 Å². The lowest BCUT2D eigenvalue weighted by atomic mass is 10.6. The highest BCUT2D eigenvalue weighted by Crippen LogP contribution is 2.00. The Labute approximate surface area is 54.3 Å². The van der Waals surface area contributed by atoms with E-state index in [9.17, 15) is 0 Å². The molecule has 48 valence electrons. The molecule has 0 saturated carbocycles. The molecule has 0 aromatic heterocycles. The third-order valence-electron chi connectivity index (χ3n) is 0.687. The molecular weight excluding hydrogens is 120 g/mol. The summed E-state index contributed by atoms with van der Waals surface area (Å²) in [6.45, 7) is 2.09. The quantitative estimate of drug-likeness (QED) is 0.588. The molecule has 3 heteroatoms. The van der Waals surface area contributed by atoms with E-state index in [1.54, 1.807) is 11.8 Å². The highest BCUT2D eigenvalue weighted by molar-refractivity contribution is 7.99. The van der Waals surface area contributed by atoms with Crippen molar-refractivity contribution in [3.8, 4) is 0 Å². The summed E-state index contributed by atoms with van der Waals surface area (Å²) >= 11 is 1.77. The summed E-state index contributed by atoms with van der Waals surface area (Å²) in [6, 6.07) is 0. The zero-order valence-corrected chi connectivity index (χ0v) is 5.87. The van der Waals surface area contributed by atoms with Gasteiger partial charge in [0.15, 0.2) is 0 Å². The maximum absolute atomic E-state index is 5.37. The molecule has 0 rings (SSSR count). The minimum atomic E-state index is 0.761. The topological polar surface area (TPSA) is 52.0 Å². The molecule has 0 heterocycles. The standard InChI is InChI=1S/C5H12N2S/c1-2-8-4-5(7)3-6/h3H,2,4,6-7H2,1H3/b5-3-. The van der Waals surface area contributed by atoms with Gasteiger partial charge in [-0.3, -0.25) is 0 Å². The molecule has 0 radical (unpaired) electrons. The van der Waals surface area contributed by atoms with Crippen LogP contribution in [-0.4, -0.2) is 11.5 Å². The summed E-state index contributed by atoms with van der Waals surface area (Å²) in [5.41, 5.74) is 11.2. The van der Waals surface area contributed by atoms with Crippen molar-refractivity contribution in [2.75, 3.05) is 11.5 Å². The first-order chi connectivity index (χ1) is 3.81. The fourth-order valence-corrected chi connectivity index (χ4v) is 0.804. The molecular formula is C5H12N2S. The van der Waals surface area contributed by atoms with Gasteiger partial charge in [-0.25, -0.2) is 0 Å². The maximum atomic E-state index is 5.37. The summed E-state index contributed by atoms with van der Waals surface area (Å²) in [5.74, 6) is 1.95. The van der Waals surface area contributed by atoms with Gasteiger partial charge in [-0.1, -0.05) is 6.92 Å². The maximum Gasteiger partial charge on any atom is 0.0345 e. The number of hydrogen-bond donors (Lipinski definition) is 2. The Bertz CT molecular complexity index is 80.5. The molecule has 0 spiro atoms. The van der Waals surface area contributed by atoms with E-state index in [4.69, 9.17) is 11.5 Å². The Balaban J connectivity index is 3.12. The number of nitrogens with two attached hydrogens (primary N) is 2. The molecule has 0 bridgehead atoms. The molecule has 2 nitrogen and oxygen atoms in total. The highest BCUT2D eigenvalue weighted by Gasteiger charge is 1.84. The fourth-order valence-electron chi connectivity index (χ4n) is 0.268. The van der Waals surface area contributed by atoms with Crippen molar-refractivity contribution in [3.63, 3.8) is 0 Å². The highest BCUT2D eigenvalue weighted by atomic mass is 32.2. The van der Waals surface area contributed by atoms with Crippen LogP contribution < -0.4 is 11.5 Å². The second kappa shape index (κ2) is 4.84. The average Bonchev–Trinajstić information content (AvgIpc) is 1.83. The summed E-state index contributed by atoms with van der Waals surface area (Å²) in [7, 11) is 0. The average molecular weight is 132 g/mol. The third kappa shape index (κ3) is 3.87. The van der Waals surface area contributed by atoms with Gasteiger partial charge in [-0.2, -0.15) is 11.8 Å². The normalized spacial score (nSPS) is 11.9. The first kappa shape index (κ1) is 7.69. The van der Waals surface area contributed by atoms with Crippen molar-refractivity contribution in [1.82, 2.24) is 0 Å². The van der Waals surface area contributed by atoms with Crippen LogP contribution in [-0.2, 0) is 0 Å². The van der Waals surface area contributed by atoms with Crippen molar-refractivity contribution < 1.29 is 0 Å². The van der Waals surface area contributed by atoms with Crippen molar-refractivity contribution in [2.45, 2.75) is 6.92 Å². The lowest BCUT2D eigenvalue weighted by Crippen LogP contribution is -2.02. The molecule has 8 heavy (non-hydrogen) atoms. The lowest BCUT2D eigenvalue weighted by molar-refractivity contribution is 1.28. The monoisotopic (exact) mass is 132 g/mol. The van der Waals surface area contributed by atoms with Crippen LogP contribution in [0.2, 0.25) is 0 Å². The van der Waals surface area contributed by atoms with Crippen LogP contribution in [0.1, 0.15) is 6.92 Å². The summed E-state index contributed by atoms with van der Waals surface area (Å²) in [6.07, 6.45) is 1.45. The van der Waals surface area contributed by atoms with Crippen molar-refractivity contribution in [2.24, 2.45) is 11.5 Å². The largest absolute Gasteiger partial charge is 0.403 e. The van der Waals surface area contributed by atoms with Crippen LogP contribution in [0.15, 0.2) is 11.9 Å². The fraction of sp³-hybridized carbons (Fsp3) is 0.600. The van der Waals surface area contributed by atoms with Gasteiger partial charge in [0.05, 0.1) is 0 Å². The van der Waals surface area contributed by atoms with E-state index in [1.165, 1.54) is 6.20 Å². The summed E-state index contributed by atoms with van der Waals surface area (Å²) in [5, 5.41) is 0. The predicted octanol–water partition coefficient (Wildman–Crippen LogP) is 0.498. The SMILES string of the molecule is CCSC/C(N)=C/N. The van der Waals surface area contributed by atoms with Crippen molar-refractivity contribution in [1.29, 1.82) is 0 Å². The molecule has 0 aromatic rings. The minimum absolute atomic E-state index is 0.761. The Morgan fingerprint density at radius 3 is 2.75 bits per heavy atom. The van der Waals surface area contributed by atoms with Crippen molar-refractivity contribution in [3.05, 3.63) is 11.9 Å². The second-order valence-corrected chi connectivity index (χ2v) is 2.65. The number of rotatable bonds is 3. The molecule has 0 amide bonds. The van der Waals surface area contributed by atoms with E-state index in [0.717, 1.165) is 17.2 Å². The number of hydrogen-bond acceptors (Lipinski definition) is 3. The zero-order chi connectivity index (χ0) is 6.41. The molecule has 0 saturated heterocycles. The molecule has 0 aliphatic rings. The predicted molar refractivity (Wildman–Crippen MR) is 39.5 cm³/mol. The molecule has 4 N–H and O–H groups in total. The van der Waals surface area contributed by atoms with Gasteiger partial charge >= 0.3 is 0 Å². The van der Waals surface area contributed by atoms with Crippen LogP contribution in [0.25, 0.3) is 0 Å². The van der Waals surface area contributed by atoms with Crippen LogP contribution in [0.4, 0.5) is 0 Å². The van der Waals surface area contributed by atoms with E-state index in [-0.39, 0.29) is 0 Å². The van der Waals surface area contributed by atoms with Gasteiger partial charge in [0.1, 0.15) is 0 Å². The minimum Gasteiger partial charge on any atom is -0.403 e. The molecule has 0 aliphatic heterocycles. The van der Waals surface area contributed by atoms with Gasteiger partial charge in [-0.05, 0) is 5.75 Å². The van der Waals surface area contributed by atoms with E-state index in [1.807, 2.05) is 0 Å². The third-order valence-corrected chi connectivity index (χ3v) is 1.63. The molecule has 0 unspecified atom stereocenters. The lowest BCUT2D eigenvalue weighted by Gasteiger charge is -1.94. The first-order valence-corrected chi connectivity index (χ1v) is 3.70. The van der Waals surface area contributed by atoms with Gasteiger partial charge in [0, 0.05) is 17.6 Å². The smallest absolute Gasteiger partial charge is 0.0345 e. The Morgan fingerprint density at radius 1 is 1.75 bits per heavy atom. The second-order valence-electron chi connectivity index (χ2n) is 1.38. The molecule has 0 aliphatic carbocycles. The molecule has 0 atom stereocenters. The van der Waals surface area contributed by atoms with Gasteiger partial charge in [0.2, 0.25) is 0 Å². The van der Waals surface area contributed by atoms with Crippen LogP contribution in [0.3, 0.4) is 0 Å². The van der Waals surface area contributed by atoms with E-state index in [2.05, 4.69) is 6.92 Å². The van der Waals surface area contributed by atoms with Crippen LogP contribution >= 0.6 is 11.8 Å². The van der Waals surface area contributed by atoms with Crippen molar-refractivity contribution >= 4 is 11.8 Å². The van der Waals surface area contributed by atoms with Crippen LogP contribution in [0, 0.1) is 0 Å². The Hall–Kier alpha value is -0.310. The first-order valence-electron chi connectivity index (χ1n) is 2.55. The van der Waals surface area contributed by atoms with E-state index < -0.39 is 0 Å². The Morgan fingerprint density at radius 2 is 2.38 bits per heavy atom. The summed E-state index contributed by atoms with van der Waals surface area (Å²) in [4.78, 5) is 0. The van der Waals surface area contributed by atoms with E-state index in [0.29, 0.717) is 0 Å². The summed E-state index contributed by atoms with van der Waals surface area (Å²) < 4.78 is 0. The molecule has 0 aromatic carbocycles. The van der Waals surface area contributed by atoms with E-state index >= 15 is 0 Å². The molecule has 0 fully saturated rings. The Kier molecular flexibility index (Phi) is 4.65. The van der Waals surface area contributed by atoms with Gasteiger partial charge < -0.3 is 11.5 Å². The van der Waals surface area contributed by atoms with Gasteiger partial charge in [0.25, 0.3) is 0 Å². The number of thioether (sulfide) groups is 1. The van der Waals surface area contributed by atoms with Gasteiger partial charge in [-0.15, -0.1) is 0 Å².